The average molecular weight is 597 g/mol. The lowest BCUT2D eigenvalue weighted by molar-refractivity contribution is -0.155. The maximum absolute atomic E-state index is 13.2. The topological polar surface area (TPSA) is 126 Å². The normalized spacial score (nSPS) is 12.3. The summed E-state index contributed by atoms with van der Waals surface area (Å²) in [4.78, 5) is 42.6. The van der Waals surface area contributed by atoms with Gasteiger partial charge in [-0.15, -0.1) is 0 Å². The van der Waals surface area contributed by atoms with Crippen LogP contribution in [0.25, 0.3) is 16.9 Å². The number of aliphatic hydroxyl groups excluding tert-OH is 1. The quantitative estimate of drug-likeness (QED) is 0.190. The molecule has 0 aliphatic rings. The molecular weight excluding hydrogens is 568 g/mol. The number of nitrogens with zero attached hydrogens (tertiary/aromatic N) is 2. The molecule has 2 atom stereocenters. The average Bonchev–Trinajstić information content (AvgIpc) is 3.42. The SMILES string of the molecule is O=C(NC(Cc1ccc(-c2cccc(Cl)c2)cc1)CC(O)C(=O)OCc1ccccc1)c1cc(=O)n(-c2ccccn2)[nH]1. The van der Waals surface area contributed by atoms with Crippen molar-refractivity contribution in [1.82, 2.24) is 20.1 Å². The molecule has 2 aromatic heterocycles. The molecule has 0 spiro atoms. The van der Waals surface area contributed by atoms with Gasteiger partial charge in [0.1, 0.15) is 12.3 Å². The summed E-state index contributed by atoms with van der Waals surface area (Å²) in [5.41, 5.74) is 3.13. The first-order chi connectivity index (χ1) is 20.9. The van der Waals surface area contributed by atoms with Crippen LogP contribution in [0.4, 0.5) is 0 Å². The number of amides is 1. The first kappa shape index (κ1) is 29.5. The lowest BCUT2D eigenvalue weighted by Crippen LogP contribution is -2.41. The monoisotopic (exact) mass is 596 g/mol. The van der Waals surface area contributed by atoms with Crippen LogP contribution in [0.3, 0.4) is 0 Å². The van der Waals surface area contributed by atoms with Crippen molar-refractivity contribution in [2.45, 2.75) is 31.6 Å². The van der Waals surface area contributed by atoms with Gasteiger partial charge in [-0.05, 0) is 52.9 Å². The second-order valence-electron chi connectivity index (χ2n) is 9.96. The van der Waals surface area contributed by atoms with Crippen LogP contribution < -0.4 is 10.9 Å². The Kier molecular flexibility index (Phi) is 9.46. The van der Waals surface area contributed by atoms with Gasteiger partial charge in [0, 0.05) is 29.7 Å². The number of pyridine rings is 1. The fraction of sp³-hybridized carbons (Fsp3) is 0.152. The number of hydrogen-bond acceptors (Lipinski definition) is 6. The molecule has 218 valence electrons. The Morgan fingerprint density at radius 3 is 2.40 bits per heavy atom. The summed E-state index contributed by atoms with van der Waals surface area (Å²) in [7, 11) is 0. The van der Waals surface area contributed by atoms with Gasteiger partial charge in [-0.2, -0.15) is 0 Å². The first-order valence-electron chi connectivity index (χ1n) is 13.6. The van der Waals surface area contributed by atoms with Gasteiger partial charge in [0.2, 0.25) is 0 Å². The van der Waals surface area contributed by atoms with E-state index >= 15 is 0 Å². The van der Waals surface area contributed by atoms with Gasteiger partial charge in [-0.25, -0.2) is 14.5 Å². The van der Waals surface area contributed by atoms with Gasteiger partial charge < -0.3 is 15.2 Å². The molecule has 0 aliphatic heterocycles. The van der Waals surface area contributed by atoms with Crippen molar-refractivity contribution in [2.75, 3.05) is 0 Å². The maximum Gasteiger partial charge on any atom is 0.335 e. The molecule has 3 aromatic carbocycles. The molecule has 43 heavy (non-hydrogen) atoms. The minimum absolute atomic E-state index is 0.0121. The van der Waals surface area contributed by atoms with Crippen LogP contribution in [-0.2, 0) is 22.6 Å². The zero-order valence-corrected chi connectivity index (χ0v) is 23.8. The van der Waals surface area contributed by atoms with E-state index in [9.17, 15) is 19.5 Å². The third kappa shape index (κ3) is 7.85. The van der Waals surface area contributed by atoms with E-state index in [0.29, 0.717) is 17.3 Å². The molecule has 2 unspecified atom stereocenters. The second-order valence-corrected chi connectivity index (χ2v) is 10.4. The van der Waals surface area contributed by atoms with E-state index in [1.165, 1.54) is 12.3 Å². The Labute approximate surface area is 252 Å². The Bertz CT molecular complexity index is 1740. The minimum Gasteiger partial charge on any atom is -0.459 e. The summed E-state index contributed by atoms with van der Waals surface area (Å²) in [6, 6.07) is 29.9. The smallest absolute Gasteiger partial charge is 0.335 e. The summed E-state index contributed by atoms with van der Waals surface area (Å²) in [6.45, 7) is 0.0149. The van der Waals surface area contributed by atoms with E-state index in [2.05, 4.69) is 15.4 Å². The number of benzene rings is 3. The van der Waals surface area contributed by atoms with Crippen molar-refractivity contribution in [3.8, 4) is 16.9 Å². The minimum atomic E-state index is -1.49. The molecule has 0 aliphatic carbocycles. The predicted octanol–water partition coefficient (Wildman–Crippen LogP) is 4.72. The molecule has 0 fully saturated rings. The maximum atomic E-state index is 13.2. The van der Waals surface area contributed by atoms with Crippen LogP contribution in [0, 0.1) is 0 Å². The summed E-state index contributed by atoms with van der Waals surface area (Å²) in [5, 5.41) is 17.0. The van der Waals surface area contributed by atoms with Gasteiger partial charge in [-0.1, -0.05) is 84.4 Å². The molecule has 3 N–H and O–H groups in total. The zero-order chi connectivity index (χ0) is 30.2. The number of rotatable bonds is 11. The van der Waals surface area contributed by atoms with E-state index in [1.807, 2.05) is 72.8 Å². The van der Waals surface area contributed by atoms with E-state index < -0.39 is 29.6 Å². The summed E-state index contributed by atoms with van der Waals surface area (Å²) in [6.07, 6.45) is 0.238. The van der Waals surface area contributed by atoms with Gasteiger partial charge >= 0.3 is 5.97 Å². The van der Waals surface area contributed by atoms with Crippen molar-refractivity contribution in [2.24, 2.45) is 0 Å². The Morgan fingerprint density at radius 2 is 1.67 bits per heavy atom. The summed E-state index contributed by atoms with van der Waals surface area (Å²) < 4.78 is 6.46. The standard InChI is InChI=1S/C33H29ClN4O5/c34-26-10-6-9-25(18-26)24-14-12-22(13-15-24)17-27(19-29(39)33(42)43-21-23-7-2-1-3-8-23)36-32(41)28-20-31(40)38(37-28)30-11-4-5-16-35-30/h1-16,18,20,27,29,37,39H,17,19,21H2,(H,36,41). The molecular formula is C33H29ClN4O5. The lowest BCUT2D eigenvalue weighted by Gasteiger charge is -2.21. The number of esters is 1. The van der Waals surface area contributed by atoms with Crippen molar-refractivity contribution in [3.63, 3.8) is 0 Å². The lowest BCUT2D eigenvalue weighted by atomic mass is 9.97. The highest BCUT2D eigenvalue weighted by Gasteiger charge is 2.25. The predicted molar refractivity (Wildman–Crippen MR) is 163 cm³/mol. The summed E-state index contributed by atoms with van der Waals surface area (Å²) >= 11 is 6.14. The molecule has 1 amide bonds. The number of halogens is 1. The number of aromatic amines is 1. The number of ether oxygens (including phenoxy) is 1. The van der Waals surface area contributed by atoms with E-state index in [-0.39, 0.29) is 18.7 Å². The molecule has 10 heteroatoms. The number of hydrogen-bond donors (Lipinski definition) is 3. The highest BCUT2D eigenvalue weighted by Crippen LogP contribution is 2.23. The number of carbonyl (C=O) groups is 2. The Morgan fingerprint density at radius 1 is 0.907 bits per heavy atom. The van der Waals surface area contributed by atoms with Crippen molar-refractivity contribution < 1.29 is 19.4 Å². The van der Waals surface area contributed by atoms with Gasteiger partial charge in [0.15, 0.2) is 11.9 Å². The van der Waals surface area contributed by atoms with Gasteiger partial charge in [0.25, 0.3) is 11.5 Å². The van der Waals surface area contributed by atoms with Crippen LogP contribution in [0.1, 0.15) is 28.0 Å². The van der Waals surface area contributed by atoms with Crippen molar-refractivity contribution >= 4 is 23.5 Å². The second kappa shape index (κ2) is 13.8. The third-order valence-electron chi connectivity index (χ3n) is 6.78. The van der Waals surface area contributed by atoms with Gasteiger partial charge in [0.05, 0.1) is 0 Å². The highest BCUT2D eigenvalue weighted by molar-refractivity contribution is 6.30. The van der Waals surface area contributed by atoms with E-state index in [4.69, 9.17) is 16.3 Å². The summed E-state index contributed by atoms with van der Waals surface area (Å²) in [5.74, 6) is -1.04. The molecule has 0 saturated heterocycles. The number of carbonyl (C=O) groups excluding carboxylic acids is 2. The fourth-order valence-electron chi connectivity index (χ4n) is 4.60. The number of H-pyrrole nitrogens is 1. The number of nitrogens with one attached hydrogen (secondary N) is 2. The van der Waals surface area contributed by atoms with Gasteiger partial charge in [-0.3, -0.25) is 14.7 Å². The molecule has 9 nitrogen and oxygen atoms in total. The number of aromatic nitrogens is 3. The Balaban J connectivity index is 1.32. The molecule has 0 saturated carbocycles. The van der Waals surface area contributed by atoms with Crippen LogP contribution >= 0.6 is 11.6 Å². The third-order valence-corrected chi connectivity index (χ3v) is 7.01. The Hall–Kier alpha value is -4.99. The molecule has 2 heterocycles. The van der Waals surface area contributed by atoms with Crippen molar-refractivity contribution in [3.05, 3.63) is 142 Å². The fourth-order valence-corrected chi connectivity index (χ4v) is 4.79. The van der Waals surface area contributed by atoms with Crippen LogP contribution in [0.2, 0.25) is 5.02 Å². The van der Waals surface area contributed by atoms with Crippen LogP contribution in [0.5, 0.6) is 0 Å². The van der Waals surface area contributed by atoms with Crippen LogP contribution in [-0.4, -0.2) is 43.9 Å². The molecule has 0 radical (unpaired) electrons. The molecule has 5 rings (SSSR count). The molecule has 5 aromatic rings. The van der Waals surface area contributed by atoms with Crippen LogP contribution in [0.15, 0.2) is 114 Å². The molecule has 0 bridgehead atoms. The highest BCUT2D eigenvalue weighted by atomic mass is 35.5. The van der Waals surface area contributed by atoms with E-state index in [1.54, 1.807) is 24.3 Å². The first-order valence-corrected chi connectivity index (χ1v) is 14.0. The van der Waals surface area contributed by atoms with Crippen molar-refractivity contribution in [1.29, 1.82) is 0 Å². The zero-order valence-electron chi connectivity index (χ0n) is 23.0. The number of aliphatic hydroxyl groups is 1. The van der Waals surface area contributed by atoms with E-state index in [0.717, 1.165) is 26.9 Å². The largest absolute Gasteiger partial charge is 0.459 e.